The molecule has 0 aliphatic carbocycles. The molecule has 1 aromatic carbocycles. The summed E-state index contributed by atoms with van der Waals surface area (Å²) < 4.78 is 3.47. The van der Waals surface area contributed by atoms with Crippen LogP contribution in [-0.4, -0.2) is 38.2 Å². The van der Waals surface area contributed by atoms with Crippen LogP contribution in [0.5, 0.6) is 0 Å². The number of hydrogen-bond acceptors (Lipinski definition) is 3. The van der Waals surface area contributed by atoms with Crippen molar-refractivity contribution in [3.63, 3.8) is 0 Å². The summed E-state index contributed by atoms with van der Waals surface area (Å²) in [6.45, 7) is 12.3. The number of nitrogens with zero attached hydrogens (tertiary/aromatic N) is 4. The van der Waals surface area contributed by atoms with Crippen molar-refractivity contribution in [2.75, 3.05) is 13.1 Å². The van der Waals surface area contributed by atoms with Gasteiger partial charge in [-0.25, -0.2) is 4.68 Å². The Morgan fingerprint density at radius 3 is 2.23 bits per heavy atom. The molecule has 0 spiro atoms. The van der Waals surface area contributed by atoms with E-state index >= 15 is 0 Å². The summed E-state index contributed by atoms with van der Waals surface area (Å²) in [5.74, 6) is -0.0545. The molecule has 6 nitrogen and oxygen atoms in total. The number of carbonyl (C=O) groups is 1. The van der Waals surface area contributed by atoms with Crippen molar-refractivity contribution >= 4 is 16.7 Å². The lowest BCUT2D eigenvalue weighted by Crippen LogP contribution is -2.38. The zero-order chi connectivity index (χ0) is 21.8. The van der Waals surface area contributed by atoms with E-state index in [4.69, 9.17) is 0 Å². The van der Waals surface area contributed by atoms with E-state index in [1.54, 1.807) is 6.20 Å². The predicted molar refractivity (Wildman–Crippen MR) is 121 cm³/mol. The maximum absolute atomic E-state index is 13.2. The van der Waals surface area contributed by atoms with Crippen LogP contribution >= 0.6 is 0 Å². The Morgan fingerprint density at radius 2 is 1.63 bits per heavy atom. The molecule has 0 aliphatic rings. The molecule has 160 valence electrons. The number of carbonyl (C=O) groups excluding carboxylic acids is 1. The molecule has 0 saturated carbocycles. The van der Waals surface area contributed by atoms with Gasteiger partial charge in [0.15, 0.2) is 0 Å². The van der Waals surface area contributed by atoms with Crippen LogP contribution in [0.3, 0.4) is 0 Å². The first-order chi connectivity index (χ1) is 14.4. The molecule has 1 amide bonds. The fourth-order valence-corrected chi connectivity index (χ4v) is 4.00. The maximum atomic E-state index is 13.2. The van der Waals surface area contributed by atoms with Gasteiger partial charge in [-0.2, -0.15) is 5.10 Å². The monoisotopic (exact) mass is 408 g/mol. The Morgan fingerprint density at radius 1 is 1.00 bits per heavy atom. The molecule has 0 unspecified atom stereocenters. The fourth-order valence-electron chi connectivity index (χ4n) is 4.00. The minimum Gasteiger partial charge on any atom is -0.343 e. The highest BCUT2D eigenvalue weighted by Gasteiger charge is 2.19. The van der Waals surface area contributed by atoms with Crippen LogP contribution in [0.4, 0.5) is 0 Å². The zero-order valence-corrected chi connectivity index (χ0v) is 18.7. The molecular weight excluding hydrogens is 376 g/mol. The first-order valence-corrected chi connectivity index (χ1v) is 10.8. The summed E-state index contributed by atoms with van der Waals surface area (Å²) in [5.41, 5.74) is 4.14. The fraction of sp³-hybridized carbons (Fsp3) is 0.458. The van der Waals surface area contributed by atoms with Crippen molar-refractivity contribution in [3.05, 3.63) is 63.3 Å². The van der Waals surface area contributed by atoms with Gasteiger partial charge in [-0.05, 0) is 39.2 Å². The summed E-state index contributed by atoms with van der Waals surface area (Å²) in [7, 11) is 0. The molecular formula is C24H32N4O2. The largest absolute Gasteiger partial charge is 0.343 e. The van der Waals surface area contributed by atoms with Crippen LogP contribution in [0.1, 0.15) is 49.2 Å². The molecule has 0 N–H and O–H groups in total. The molecule has 0 bridgehead atoms. The highest BCUT2D eigenvalue weighted by Crippen LogP contribution is 2.23. The third kappa shape index (κ3) is 4.32. The second-order valence-electron chi connectivity index (χ2n) is 8.02. The smallest absolute Gasteiger partial charge is 0.276 e. The minimum atomic E-state index is -0.197. The Kier molecular flexibility index (Phi) is 6.75. The van der Waals surface area contributed by atoms with E-state index in [0.29, 0.717) is 25.0 Å². The van der Waals surface area contributed by atoms with Gasteiger partial charge in [-0.3, -0.25) is 9.59 Å². The topological polar surface area (TPSA) is 60.1 Å². The van der Waals surface area contributed by atoms with Gasteiger partial charge >= 0.3 is 0 Å². The Hall–Kier alpha value is -2.89. The van der Waals surface area contributed by atoms with E-state index in [9.17, 15) is 9.59 Å². The number of rotatable bonds is 8. The van der Waals surface area contributed by atoms with Gasteiger partial charge in [0.05, 0.1) is 11.6 Å². The highest BCUT2D eigenvalue weighted by atomic mass is 16.2. The van der Waals surface area contributed by atoms with E-state index in [-0.39, 0.29) is 18.0 Å². The quantitative estimate of drug-likeness (QED) is 0.569. The van der Waals surface area contributed by atoms with Crippen molar-refractivity contribution in [3.8, 4) is 0 Å². The van der Waals surface area contributed by atoms with Crippen molar-refractivity contribution in [1.29, 1.82) is 0 Å². The molecule has 0 radical (unpaired) electrons. The third-order valence-corrected chi connectivity index (χ3v) is 5.69. The summed E-state index contributed by atoms with van der Waals surface area (Å²) in [6, 6.07) is 8.43. The van der Waals surface area contributed by atoms with Gasteiger partial charge in [0.2, 0.25) is 5.91 Å². The summed E-state index contributed by atoms with van der Waals surface area (Å²) in [6.07, 6.45) is 3.52. The van der Waals surface area contributed by atoms with Crippen LogP contribution < -0.4 is 5.56 Å². The average molecular weight is 409 g/mol. The lowest BCUT2D eigenvalue weighted by atomic mass is 10.1. The van der Waals surface area contributed by atoms with Gasteiger partial charge in [-0.1, -0.05) is 43.7 Å². The Bertz CT molecular complexity index is 1090. The summed E-state index contributed by atoms with van der Waals surface area (Å²) in [4.78, 5) is 27.7. The lowest BCUT2D eigenvalue weighted by molar-refractivity contribution is -0.132. The van der Waals surface area contributed by atoms with E-state index in [1.165, 1.54) is 15.8 Å². The molecule has 0 aliphatic heterocycles. The minimum absolute atomic E-state index is 0.0175. The molecule has 2 heterocycles. The summed E-state index contributed by atoms with van der Waals surface area (Å²) >= 11 is 0. The van der Waals surface area contributed by atoms with Gasteiger partial charge in [0, 0.05) is 36.4 Å². The average Bonchev–Trinajstić information content (AvgIpc) is 2.96. The summed E-state index contributed by atoms with van der Waals surface area (Å²) in [5, 5.41) is 5.83. The van der Waals surface area contributed by atoms with Crippen molar-refractivity contribution < 1.29 is 4.79 Å². The number of fused-ring (bicyclic) bond motifs is 1. The van der Waals surface area contributed by atoms with Gasteiger partial charge < -0.3 is 9.47 Å². The molecule has 0 fully saturated rings. The van der Waals surface area contributed by atoms with E-state index in [2.05, 4.69) is 54.7 Å². The van der Waals surface area contributed by atoms with Crippen LogP contribution in [0.25, 0.3) is 10.8 Å². The van der Waals surface area contributed by atoms with Crippen molar-refractivity contribution in [2.45, 2.75) is 60.5 Å². The molecule has 6 heteroatoms. The van der Waals surface area contributed by atoms with Crippen LogP contribution in [0, 0.1) is 20.8 Å². The van der Waals surface area contributed by atoms with Gasteiger partial charge in [0.25, 0.3) is 5.56 Å². The normalized spacial score (nSPS) is 11.2. The number of aryl methyl sites for hydroxylation is 3. The maximum Gasteiger partial charge on any atom is 0.276 e. The second-order valence-corrected chi connectivity index (χ2v) is 8.02. The van der Waals surface area contributed by atoms with Crippen LogP contribution in [-0.2, 0) is 17.9 Å². The van der Waals surface area contributed by atoms with Gasteiger partial charge in [-0.15, -0.1) is 0 Å². The van der Waals surface area contributed by atoms with Crippen molar-refractivity contribution in [2.24, 2.45) is 0 Å². The molecule has 2 aromatic heterocycles. The molecule has 3 rings (SSSR count). The first-order valence-electron chi connectivity index (χ1n) is 10.8. The van der Waals surface area contributed by atoms with E-state index in [1.807, 2.05) is 18.7 Å². The molecule has 0 saturated heterocycles. The number of hydrogen-bond donors (Lipinski definition) is 0. The lowest BCUT2D eigenvalue weighted by Gasteiger charge is -2.21. The van der Waals surface area contributed by atoms with E-state index in [0.717, 1.165) is 29.6 Å². The SMILES string of the molecule is CCCN(CCC)C(=O)Cn1ncc2c(C)n(Cc3ccc(C)cc3)c(C)c2c1=O. The molecule has 0 atom stereocenters. The van der Waals surface area contributed by atoms with Gasteiger partial charge in [0.1, 0.15) is 6.54 Å². The Labute approximate surface area is 178 Å². The zero-order valence-electron chi connectivity index (χ0n) is 18.7. The van der Waals surface area contributed by atoms with Crippen molar-refractivity contribution in [1.82, 2.24) is 19.2 Å². The molecule has 30 heavy (non-hydrogen) atoms. The molecule has 3 aromatic rings. The predicted octanol–water partition coefficient (Wildman–Crippen LogP) is 3.82. The van der Waals surface area contributed by atoms with Crippen LogP contribution in [0.2, 0.25) is 0 Å². The van der Waals surface area contributed by atoms with E-state index < -0.39 is 0 Å². The number of benzene rings is 1. The first kappa shape index (κ1) is 21.8. The highest BCUT2D eigenvalue weighted by molar-refractivity contribution is 5.87. The third-order valence-electron chi connectivity index (χ3n) is 5.69. The Balaban J connectivity index is 1.95. The second kappa shape index (κ2) is 9.28. The standard InChI is InChI=1S/C24H32N4O2/c1-6-12-26(13-7-2)22(29)16-28-24(30)23-19(5)27(18(4)21(23)14-25-28)15-20-10-8-17(3)9-11-20/h8-11,14H,6-7,12-13,15-16H2,1-5H3. The van der Waals surface area contributed by atoms with Crippen LogP contribution in [0.15, 0.2) is 35.3 Å². The number of aromatic nitrogens is 3. The number of amides is 1.